The zero-order chi connectivity index (χ0) is 4.28. The summed E-state index contributed by atoms with van der Waals surface area (Å²) in [5, 5.41) is -1.00. The summed E-state index contributed by atoms with van der Waals surface area (Å²) in [5.74, 6) is 0. The van der Waals surface area contributed by atoms with Crippen LogP contribution in [0.2, 0.25) is 0 Å². The molecule has 0 saturated heterocycles. The fourth-order valence-electron chi connectivity index (χ4n) is 0. The molecule has 0 aliphatic heterocycles. The molecule has 5 heavy (non-hydrogen) atoms. The first-order valence-electron chi connectivity index (χ1n) is 1.17. The van der Waals surface area contributed by atoms with Gasteiger partial charge in [-0.25, -0.2) is 0 Å². The molecule has 0 aromatic rings. The molecule has 0 bridgehead atoms. The van der Waals surface area contributed by atoms with Gasteiger partial charge < -0.3 is 0 Å². The molecular formula is C2H4F2N. The monoisotopic (exact) mass is 80.0 g/mol. The zero-order valence-electron chi connectivity index (χ0n) is 2.78. The minimum atomic E-state index is -1.00. The van der Waals surface area contributed by atoms with Gasteiger partial charge in [0.05, 0.1) is 6.54 Å². The highest BCUT2D eigenvalue weighted by Gasteiger charge is 1.86. The molecule has 1 nitrogen and oxygen atoms in total. The van der Waals surface area contributed by atoms with Crippen molar-refractivity contribution in [3.05, 3.63) is 6.54 Å². The molecule has 0 aromatic carbocycles. The van der Waals surface area contributed by atoms with Crippen molar-refractivity contribution in [1.82, 2.24) is 5.34 Å². The molecule has 0 spiro atoms. The summed E-state index contributed by atoms with van der Waals surface area (Å²) < 4.78 is 21.1. The molecule has 0 atom stereocenters. The van der Waals surface area contributed by atoms with E-state index in [0.29, 0.717) is 6.54 Å². The highest BCUT2D eigenvalue weighted by molar-refractivity contribution is 4.33. The number of hydrogen-bond acceptors (Lipinski definition) is 1. The Kier molecular flexibility index (Phi) is 2.01. The lowest BCUT2D eigenvalue weighted by molar-refractivity contribution is -0.121. The molecule has 0 aliphatic carbocycles. The fourth-order valence-corrected chi connectivity index (χ4v) is 0. The highest BCUT2D eigenvalue weighted by Crippen LogP contribution is 1.88. The maximum atomic E-state index is 10.5. The van der Waals surface area contributed by atoms with Crippen LogP contribution in [0, 0.1) is 6.54 Å². The molecule has 0 heterocycles. The molecule has 31 valence electrons. The summed E-state index contributed by atoms with van der Waals surface area (Å²) in [6.07, 6.45) is 0. The van der Waals surface area contributed by atoms with Crippen molar-refractivity contribution in [2.45, 2.75) is 6.92 Å². The van der Waals surface area contributed by atoms with E-state index in [9.17, 15) is 8.96 Å². The first kappa shape index (κ1) is 4.82. The second kappa shape index (κ2) is 2.08. The quantitative estimate of drug-likeness (QED) is 0.428. The van der Waals surface area contributed by atoms with Crippen LogP contribution in [-0.2, 0) is 0 Å². The molecule has 3 heteroatoms. The number of hydrogen-bond donors (Lipinski definition) is 0. The lowest BCUT2D eigenvalue weighted by Gasteiger charge is -1.84. The van der Waals surface area contributed by atoms with Gasteiger partial charge in [0.1, 0.15) is 0 Å². The Morgan fingerprint density at radius 1 is 1.60 bits per heavy atom. The van der Waals surface area contributed by atoms with Crippen molar-refractivity contribution < 1.29 is 8.96 Å². The van der Waals surface area contributed by atoms with Crippen LogP contribution in [0.4, 0.5) is 8.96 Å². The smallest absolute Gasteiger partial charge is 0.0908 e. The topological polar surface area (TPSA) is 3.24 Å². The standard InChI is InChI=1S/C2H4F2N/c1-2-5(3)4/h2H,1H3. The van der Waals surface area contributed by atoms with E-state index in [2.05, 4.69) is 0 Å². The van der Waals surface area contributed by atoms with E-state index in [4.69, 9.17) is 0 Å². The maximum absolute atomic E-state index is 10.5. The molecule has 0 fully saturated rings. The Labute approximate surface area is 29.1 Å². The molecule has 0 amide bonds. The Hall–Kier alpha value is -0.180. The van der Waals surface area contributed by atoms with Crippen molar-refractivity contribution in [3.63, 3.8) is 0 Å². The van der Waals surface area contributed by atoms with Crippen LogP contribution in [0.3, 0.4) is 0 Å². The van der Waals surface area contributed by atoms with Crippen molar-refractivity contribution in [3.8, 4) is 0 Å². The molecule has 0 aromatic heterocycles. The molecule has 0 saturated carbocycles. The first-order chi connectivity index (χ1) is 2.27. The molecule has 0 aliphatic rings. The average Bonchev–Trinajstić information content (AvgIpc) is 1.38. The van der Waals surface area contributed by atoms with Gasteiger partial charge in [-0.15, -0.1) is 8.96 Å². The van der Waals surface area contributed by atoms with Gasteiger partial charge in [0.2, 0.25) is 0 Å². The largest absolute Gasteiger partial charge is 0.101 e. The molecule has 0 rings (SSSR count). The summed E-state index contributed by atoms with van der Waals surface area (Å²) >= 11 is 0. The van der Waals surface area contributed by atoms with Crippen molar-refractivity contribution in [2.24, 2.45) is 0 Å². The van der Waals surface area contributed by atoms with Crippen LogP contribution in [0.5, 0.6) is 0 Å². The van der Waals surface area contributed by atoms with Gasteiger partial charge in [-0.1, -0.05) is 0 Å². The number of rotatable bonds is 1. The van der Waals surface area contributed by atoms with Gasteiger partial charge in [-0.3, -0.25) is 0 Å². The third-order valence-corrected chi connectivity index (χ3v) is 0.195. The summed E-state index contributed by atoms with van der Waals surface area (Å²) in [7, 11) is 0. The van der Waals surface area contributed by atoms with Gasteiger partial charge in [0, 0.05) is 5.34 Å². The number of halogens is 2. The minimum Gasteiger partial charge on any atom is -0.101 e. The summed E-state index contributed by atoms with van der Waals surface area (Å²) in [6.45, 7) is 1.92. The Bertz CT molecular complexity index is 21.6. The molecule has 1 radical (unpaired) electrons. The van der Waals surface area contributed by atoms with Gasteiger partial charge in [0.25, 0.3) is 0 Å². The lowest BCUT2D eigenvalue weighted by atomic mass is 10.8. The second-order valence-electron chi connectivity index (χ2n) is 0.517. The summed E-state index contributed by atoms with van der Waals surface area (Å²) in [6, 6.07) is 0. The van der Waals surface area contributed by atoms with Crippen LogP contribution in [0.1, 0.15) is 6.92 Å². The molecule has 0 N–H and O–H groups in total. The minimum absolute atomic E-state index is 0.667. The lowest BCUT2D eigenvalue weighted by Crippen LogP contribution is -1.87. The van der Waals surface area contributed by atoms with Crippen molar-refractivity contribution >= 4 is 0 Å². The van der Waals surface area contributed by atoms with E-state index < -0.39 is 5.34 Å². The molecule has 0 unspecified atom stereocenters. The van der Waals surface area contributed by atoms with Crippen molar-refractivity contribution in [1.29, 1.82) is 0 Å². The maximum Gasteiger partial charge on any atom is 0.0908 e. The summed E-state index contributed by atoms with van der Waals surface area (Å²) in [4.78, 5) is 0. The fraction of sp³-hybridized carbons (Fsp3) is 0.500. The SMILES string of the molecule is C[CH]N(F)F. The van der Waals surface area contributed by atoms with Crippen LogP contribution in [0.25, 0.3) is 0 Å². The van der Waals surface area contributed by atoms with E-state index >= 15 is 0 Å². The Morgan fingerprint density at radius 3 is 1.80 bits per heavy atom. The van der Waals surface area contributed by atoms with Gasteiger partial charge >= 0.3 is 0 Å². The van der Waals surface area contributed by atoms with Crippen LogP contribution >= 0.6 is 0 Å². The molecular weight excluding hydrogens is 76.0 g/mol. The Morgan fingerprint density at radius 2 is 1.80 bits per heavy atom. The average molecular weight is 80.1 g/mol. The van der Waals surface area contributed by atoms with E-state index in [1.807, 2.05) is 0 Å². The highest BCUT2D eigenvalue weighted by atomic mass is 19.4. The van der Waals surface area contributed by atoms with Crippen molar-refractivity contribution in [2.75, 3.05) is 0 Å². The van der Waals surface area contributed by atoms with Crippen LogP contribution in [0.15, 0.2) is 0 Å². The van der Waals surface area contributed by atoms with Gasteiger partial charge in [-0.2, -0.15) is 0 Å². The van der Waals surface area contributed by atoms with E-state index in [1.54, 1.807) is 0 Å². The van der Waals surface area contributed by atoms with Gasteiger partial charge in [0.15, 0.2) is 0 Å². The van der Waals surface area contributed by atoms with E-state index in [1.165, 1.54) is 6.92 Å². The van der Waals surface area contributed by atoms with Gasteiger partial charge in [-0.05, 0) is 6.92 Å². The van der Waals surface area contributed by atoms with E-state index in [-0.39, 0.29) is 0 Å². The second-order valence-corrected chi connectivity index (χ2v) is 0.517. The normalized spacial score (nSPS) is 9.60. The van der Waals surface area contributed by atoms with E-state index in [0.717, 1.165) is 0 Å². The zero-order valence-corrected chi connectivity index (χ0v) is 2.78. The third-order valence-electron chi connectivity index (χ3n) is 0.195. The first-order valence-corrected chi connectivity index (χ1v) is 1.17. The predicted molar refractivity (Wildman–Crippen MR) is 14.0 cm³/mol. The predicted octanol–water partition coefficient (Wildman–Crippen LogP) is 1.24. The van der Waals surface area contributed by atoms with Crippen LogP contribution < -0.4 is 0 Å². The number of nitrogens with zero attached hydrogens (tertiary/aromatic N) is 1. The van der Waals surface area contributed by atoms with Crippen LogP contribution in [-0.4, -0.2) is 5.34 Å². The Balaban J connectivity index is 2.54. The third kappa shape index (κ3) is 3.82. The summed E-state index contributed by atoms with van der Waals surface area (Å²) in [5.41, 5.74) is 0.